The second-order valence-corrected chi connectivity index (χ2v) is 3.96. The topological polar surface area (TPSA) is 46.5 Å². The molecule has 0 aliphatic carbocycles. The number of Topliss-reactive ketones (excluding diaryl/α,β-unsaturated/α-hetero) is 1. The van der Waals surface area contributed by atoms with E-state index in [0.29, 0.717) is 13.0 Å². The highest BCUT2D eigenvalue weighted by molar-refractivity contribution is 7.80. The SMILES string of the molecule is CCCCCC(O)(C(C)=O)C(=S)OCC. The molecule has 0 saturated heterocycles. The van der Waals surface area contributed by atoms with E-state index in [9.17, 15) is 9.90 Å². The smallest absolute Gasteiger partial charge is 0.199 e. The van der Waals surface area contributed by atoms with E-state index in [4.69, 9.17) is 17.0 Å². The maximum absolute atomic E-state index is 11.4. The second kappa shape index (κ2) is 6.90. The molecule has 88 valence electrons. The second-order valence-electron chi connectivity index (χ2n) is 3.59. The van der Waals surface area contributed by atoms with Crippen molar-refractivity contribution in [2.45, 2.75) is 52.1 Å². The highest BCUT2D eigenvalue weighted by atomic mass is 32.1. The van der Waals surface area contributed by atoms with E-state index in [1.807, 2.05) is 0 Å². The van der Waals surface area contributed by atoms with E-state index >= 15 is 0 Å². The molecule has 0 heterocycles. The van der Waals surface area contributed by atoms with Crippen LogP contribution in [0.5, 0.6) is 0 Å². The molecule has 0 aliphatic heterocycles. The fourth-order valence-corrected chi connectivity index (χ4v) is 1.67. The Morgan fingerprint density at radius 1 is 1.40 bits per heavy atom. The van der Waals surface area contributed by atoms with Gasteiger partial charge in [-0.15, -0.1) is 0 Å². The van der Waals surface area contributed by atoms with Gasteiger partial charge in [-0.2, -0.15) is 0 Å². The molecule has 0 amide bonds. The minimum absolute atomic E-state index is 0.00797. The van der Waals surface area contributed by atoms with Crippen LogP contribution in [-0.4, -0.2) is 28.1 Å². The van der Waals surface area contributed by atoms with Crippen molar-refractivity contribution in [1.82, 2.24) is 0 Å². The Labute approximate surface area is 96.8 Å². The van der Waals surface area contributed by atoms with Crippen LogP contribution < -0.4 is 0 Å². The molecule has 0 aromatic heterocycles. The number of hydrogen-bond acceptors (Lipinski definition) is 4. The normalized spacial score (nSPS) is 14.4. The van der Waals surface area contributed by atoms with Crippen LogP contribution in [0.2, 0.25) is 0 Å². The highest BCUT2D eigenvalue weighted by Crippen LogP contribution is 2.19. The summed E-state index contributed by atoms with van der Waals surface area (Å²) < 4.78 is 5.06. The Morgan fingerprint density at radius 2 is 2.00 bits per heavy atom. The maximum atomic E-state index is 11.4. The molecule has 0 fully saturated rings. The van der Waals surface area contributed by atoms with Gasteiger partial charge in [0, 0.05) is 0 Å². The molecule has 1 atom stereocenters. The van der Waals surface area contributed by atoms with Gasteiger partial charge in [0.2, 0.25) is 0 Å². The molecular weight excluding hydrogens is 212 g/mol. The first kappa shape index (κ1) is 14.5. The van der Waals surface area contributed by atoms with Gasteiger partial charge in [-0.3, -0.25) is 4.79 Å². The zero-order valence-electron chi connectivity index (χ0n) is 9.71. The number of rotatable bonds is 7. The molecule has 0 radical (unpaired) electrons. The minimum Gasteiger partial charge on any atom is -0.484 e. The first-order valence-electron chi connectivity index (χ1n) is 5.39. The van der Waals surface area contributed by atoms with Crippen LogP contribution in [0.15, 0.2) is 0 Å². The van der Waals surface area contributed by atoms with E-state index in [2.05, 4.69) is 6.92 Å². The summed E-state index contributed by atoms with van der Waals surface area (Å²) in [6.45, 7) is 5.56. The molecule has 15 heavy (non-hydrogen) atoms. The van der Waals surface area contributed by atoms with Crippen molar-refractivity contribution in [3.05, 3.63) is 0 Å². The van der Waals surface area contributed by atoms with Gasteiger partial charge in [-0.05, 0) is 38.9 Å². The van der Waals surface area contributed by atoms with E-state index in [-0.39, 0.29) is 10.8 Å². The van der Waals surface area contributed by atoms with Gasteiger partial charge in [0.1, 0.15) is 0 Å². The number of ketones is 1. The molecule has 0 bridgehead atoms. The summed E-state index contributed by atoms with van der Waals surface area (Å²) >= 11 is 4.92. The summed E-state index contributed by atoms with van der Waals surface area (Å²) in [5.74, 6) is -0.336. The van der Waals surface area contributed by atoms with Crippen LogP contribution in [0, 0.1) is 0 Å². The molecule has 0 aliphatic rings. The van der Waals surface area contributed by atoms with Gasteiger partial charge in [0.25, 0.3) is 0 Å². The van der Waals surface area contributed by atoms with Crippen LogP contribution in [0.1, 0.15) is 46.5 Å². The summed E-state index contributed by atoms with van der Waals surface area (Å²) in [5, 5.41) is 10.1. The van der Waals surface area contributed by atoms with Crippen LogP contribution in [0.4, 0.5) is 0 Å². The molecule has 0 aromatic carbocycles. The number of hydrogen-bond donors (Lipinski definition) is 1. The number of unbranched alkanes of at least 4 members (excludes halogenated alkanes) is 2. The summed E-state index contributed by atoms with van der Waals surface area (Å²) in [4.78, 5) is 11.4. The van der Waals surface area contributed by atoms with Crippen molar-refractivity contribution in [2.75, 3.05) is 6.61 Å². The van der Waals surface area contributed by atoms with Crippen LogP contribution >= 0.6 is 12.2 Å². The quantitative estimate of drug-likeness (QED) is 0.540. The molecule has 1 unspecified atom stereocenters. The number of ether oxygens (including phenoxy) is 1. The summed E-state index contributed by atoms with van der Waals surface area (Å²) in [6.07, 6.45) is 3.15. The van der Waals surface area contributed by atoms with Crippen LogP contribution in [-0.2, 0) is 9.53 Å². The van der Waals surface area contributed by atoms with Gasteiger partial charge in [0.15, 0.2) is 16.4 Å². The number of aliphatic hydroxyl groups is 1. The predicted molar refractivity (Wildman–Crippen MR) is 64.0 cm³/mol. The molecule has 0 rings (SSSR count). The predicted octanol–water partition coefficient (Wildman–Crippen LogP) is 2.25. The zero-order chi connectivity index (χ0) is 11.9. The standard InChI is InChI=1S/C11H20O3S/c1-4-6-7-8-11(13,9(3)12)10(15)14-5-2/h13H,4-8H2,1-3H3. The summed E-state index contributed by atoms with van der Waals surface area (Å²) in [7, 11) is 0. The minimum atomic E-state index is -1.57. The molecule has 1 N–H and O–H groups in total. The Balaban J connectivity index is 4.44. The van der Waals surface area contributed by atoms with Crippen molar-refractivity contribution in [2.24, 2.45) is 0 Å². The number of carbonyl (C=O) groups excluding carboxylic acids is 1. The van der Waals surface area contributed by atoms with Gasteiger partial charge in [-0.25, -0.2) is 0 Å². The van der Waals surface area contributed by atoms with Gasteiger partial charge in [-0.1, -0.05) is 19.8 Å². The summed E-state index contributed by atoms with van der Waals surface area (Å²) in [5.41, 5.74) is -1.57. The zero-order valence-corrected chi connectivity index (χ0v) is 10.5. The third kappa shape index (κ3) is 4.26. The van der Waals surface area contributed by atoms with E-state index < -0.39 is 5.60 Å². The van der Waals surface area contributed by atoms with Gasteiger partial charge in [0.05, 0.1) is 6.61 Å². The third-order valence-corrected chi connectivity index (χ3v) is 2.79. The molecule has 0 saturated carbocycles. The van der Waals surface area contributed by atoms with Crippen molar-refractivity contribution in [1.29, 1.82) is 0 Å². The van der Waals surface area contributed by atoms with Crippen LogP contribution in [0.3, 0.4) is 0 Å². The van der Waals surface area contributed by atoms with Gasteiger partial charge < -0.3 is 9.84 Å². The van der Waals surface area contributed by atoms with E-state index in [1.54, 1.807) is 6.92 Å². The molecule has 3 nitrogen and oxygen atoms in total. The van der Waals surface area contributed by atoms with Crippen molar-refractivity contribution < 1.29 is 14.6 Å². The van der Waals surface area contributed by atoms with Crippen molar-refractivity contribution in [3.8, 4) is 0 Å². The van der Waals surface area contributed by atoms with Gasteiger partial charge >= 0.3 is 0 Å². The van der Waals surface area contributed by atoms with Crippen molar-refractivity contribution in [3.63, 3.8) is 0 Å². The molecule has 0 aromatic rings. The Morgan fingerprint density at radius 3 is 2.40 bits per heavy atom. The summed E-state index contributed by atoms with van der Waals surface area (Å²) in [6, 6.07) is 0. The largest absolute Gasteiger partial charge is 0.484 e. The number of thiocarbonyl (C=S) groups is 1. The lowest BCUT2D eigenvalue weighted by molar-refractivity contribution is -0.130. The Kier molecular flexibility index (Phi) is 6.68. The molecule has 4 heteroatoms. The van der Waals surface area contributed by atoms with Crippen LogP contribution in [0.25, 0.3) is 0 Å². The average molecular weight is 232 g/mol. The molecule has 0 spiro atoms. The van der Waals surface area contributed by atoms with E-state index in [0.717, 1.165) is 19.3 Å². The monoisotopic (exact) mass is 232 g/mol. The Bertz CT molecular complexity index is 228. The highest BCUT2D eigenvalue weighted by Gasteiger charge is 2.38. The fraction of sp³-hybridized carbons (Fsp3) is 0.818. The Hall–Kier alpha value is -0.480. The molecular formula is C11H20O3S. The lowest BCUT2D eigenvalue weighted by Crippen LogP contribution is -2.45. The van der Waals surface area contributed by atoms with E-state index in [1.165, 1.54) is 6.92 Å². The maximum Gasteiger partial charge on any atom is 0.199 e. The van der Waals surface area contributed by atoms with Crippen molar-refractivity contribution >= 4 is 23.1 Å². The number of carbonyl (C=O) groups is 1. The lowest BCUT2D eigenvalue weighted by atomic mass is 9.93. The first-order chi connectivity index (χ1) is 6.99. The fourth-order valence-electron chi connectivity index (χ4n) is 1.30. The lowest BCUT2D eigenvalue weighted by Gasteiger charge is -2.25. The third-order valence-electron chi connectivity index (χ3n) is 2.34. The first-order valence-corrected chi connectivity index (χ1v) is 5.80. The average Bonchev–Trinajstić information content (AvgIpc) is 2.18.